The number of halogens is 1. The highest BCUT2D eigenvalue weighted by atomic mass is 35.5. The molecular formula is C18H18ClN7OS. The van der Waals surface area contributed by atoms with Gasteiger partial charge in [-0.15, -0.1) is 0 Å². The smallest absolute Gasteiger partial charge is 0.177 e. The first-order valence-electron chi connectivity index (χ1n) is 8.65. The third kappa shape index (κ3) is 4.03. The van der Waals surface area contributed by atoms with E-state index in [1.54, 1.807) is 22.7 Å². The number of hydrogen-bond acceptors (Lipinski definition) is 7. The number of benzene rings is 1. The molecule has 1 unspecified atom stereocenters. The standard InChI is InChI=1S/C18H18ClN7OS/c1-28(21,27)10-11-6-14(4-5-15(11)19)23-16-7-17(24-13-2-3-13)26-18(25-16)12(8-20)9-22-26/h4-7,9,13,21,24H,2-3,10H2,1H3,(H,23,25). The van der Waals surface area contributed by atoms with Crippen molar-refractivity contribution in [3.8, 4) is 6.07 Å². The molecule has 1 aromatic carbocycles. The summed E-state index contributed by atoms with van der Waals surface area (Å²) in [4.78, 5) is 4.52. The van der Waals surface area contributed by atoms with Gasteiger partial charge in [-0.25, -0.2) is 9.19 Å². The van der Waals surface area contributed by atoms with Crippen LogP contribution >= 0.6 is 11.6 Å². The lowest BCUT2D eigenvalue weighted by Crippen LogP contribution is -2.09. The first kappa shape index (κ1) is 18.5. The zero-order valence-corrected chi connectivity index (χ0v) is 16.6. The minimum Gasteiger partial charge on any atom is -0.367 e. The minimum atomic E-state index is -2.72. The van der Waals surface area contributed by atoms with Crippen molar-refractivity contribution in [1.29, 1.82) is 10.0 Å². The van der Waals surface area contributed by atoms with Gasteiger partial charge < -0.3 is 10.6 Å². The van der Waals surface area contributed by atoms with Crippen LogP contribution in [0.25, 0.3) is 5.65 Å². The molecule has 144 valence electrons. The average Bonchev–Trinajstić information content (AvgIpc) is 3.33. The van der Waals surface area contributed by atoms with E-state index in [2.05, 4.69) is 26.8 Å². The number of nitriles is 1. The molecular weight excluding hydrogens is 398 g/mol. The molecule has 1 aliphatic rings. The van der Waals surface area contributed by atoms with E-state index in [0.29, 0.717) is 39.3 Å². The Labute approximate surface area is 167 Å². The van der Waals surface area contributed by atoms with Crippen LogP contribution in [-0.2, 0) is 15.5 Å². The van der Waals surface area contributed by atoms with E-state index >= 15 is 0 Å². The van der Waals surface area contributed by atoms with Gasteiger partial charge in [0.15, 0.2) is 5.65 Å². The number of anilines is 3. The number of rotatable bonds is 6. The molecule has 1 saturated carbocycles. The van der Waals surface area contributed by atoms with Crippen LogP contribution < -0.4 is 10.6 Å². The molecule has 0 spiro atoms. The zero-order chi connectivity index (χ0) is 19.9. The molecule has 1 fully saturated rings. The monoisotopic (exact) mass is 415 g/mol. The van der Waals surface area contributed by atoms with Crippen molar-refractivity contribution >= 4 is 44.3 Å². The topological polar surface area (TPSA) is 119 Å². The van der Waals surface area contributed by atoms with E-state index in [1.807, 2.05) is 6.07 Å². The summed E-state index contributed by atoms with van der Waals surface area (Å²) in [7, 11) is -2.72. The van der Waals surface area contributed by atoms with Crippen molar-refractivity contribution in [3.63, 3.8) is 0 Å². The molecule has 8 nitrogen and oxygen atoms in total. The van der Waals surface area contributed by atoms with Crippen molar-refractivity contribution in [2.24, 2.45) is 0 Å². The van der Waals surface area contributed by atoms with Crippen molar-refractivity contribution in [2.45, 2.75) is 24.6 Å². The van der Waals surface area contributed by atoms with Crippen molar-refractivity contribution in [2.75, 3.05) is 16.9 Å². The maximum atomic E-state index is 11.8. The summed E-state index contributed by atoms with van der Waals surface area (Å²) >= 11 is 6.19. The SMILES string of the molecule is CS(=N)(=O)Cc1cc(Nc2cc(NC3CC3)n3ncc(C#N)c3n2)ccc1Cl. The van der Waals surface area contributed by atoms with Crippen LogP contribution in [0, 0.1) is 16.1 Å². The average molecular weight is 416 g/mol. The number of aromatic nitrogens is 3. The summed E-state index contributed by atoms with van der Waals surface area (Å²) in [6.45, 7) is 0. The molecule has 3 N–H and O–H groups in total. The molecule has 0 amide bonds. The van der Waals surface area contributed by atoms with E-state index in [-0.39, 0.29) is 5.75 Å². The Morgan fingerprint density at radius 3 is 2.89 bits per heavy atom. The van der Waals surface area contributed by atoms with Crippen LogP contribution in [0.5, 0.6) is 0 Å². The van der Waals surface area contributed by atoms with Gasteiger partial charge in [0, 0.05) is 38.8 Å². The Hall–Kier alpha value is -2.83. The van der Waals surface area contributed by atoms with E-state index in [9.17, 15) is 9.47 Å². The second-order valence-electron chi connectivity index (χ2n) is 6.93. The summed E-state index contributed by atoms with van der Waals surface area (Å²) < 4.78 is 21.1. The van der Waals surface area contributed by atoms with Crippen molar-refractivity contribution in [3.05, 3.63) is 46.6 Å². The third-order valence-corrected chi connectivity index (χ3v) is 5.50. The highest BCUT2D eigenvalue weighted by molar-refractivity contribution is 7.90. The molecule has 1 aliphatic carbocycles. The zero-order valence-electron chi connectivity index (χ0n) is 15.1. The molecule has 0 radical (unpaired) electrons. The van der Waals surface area contributed by atoms with E-state index in [4.69, 9.17) is 16.4 Å². The van der Waals surface area contributed by atoms with Gasteiger partial charge in [0.1, 0.15) is 23.3 Å². The van der Waals surface area contributed by atoms with Gasteiger partial charge in [0.2, 0.25) is 0 Å². The summed E-state index contributed by atoms with van der Waals surface area (Å²) in [6.07, 6.45) is 5.08. The second kappa shape index (κ2) is 6.96. The molecule has 28 heavy (non-hydrogen) atoms. The fourth-order valence-electron chi connectivity index (χ4n) is 2.85. The molecule has 3 aromatic rings. The molecule has 0 aliphatic heterocycles. The molecule has 0 bridgehead atoms. The van der Waals surface area contributed by atoms with Gasteiger partial charge in [-0.1, -0.05) is 11.6 Å². The Kier molecular flexibility index (Phi) is 4.61. The van der Waals surface area contributed by atoms with Gasteiger partial charge in [-0.05, 0) is 36.6 Å². The molecule has 0 saturated heterocycles. The first-order chi connectivity index (χ1) is 13.3. The van der Waals surface area contributed by atoms with Gasteiger partial charge in [-0.3, -0.25) is 4.78 Å². The fourth-order valence-corrected chi connectivity index (χ4v) is 3.95. The van der Waals surface area contributed by atoms with Gasteiger partial charge in [0.25, 0.3) is 0 Å². The predicted molar refractivity (Wildman–Crippen MR) is 110 cm³/mol. The van der Waals surface area contributed by atoms with Crippen LogP contribution in [0.4, 0.5) is 17.3 Å². The van der Waals surface area contributed by atoms with Crippen molar-refractivity contribution < 1.29 is 4.21 Å². The largest absolute Gasteiger partial charge is 0.367 e. The van der Waals surface area contributed by atoms with E-state index in [1.165, 1.54) is 12.5 Å². The maximum absolute atomic E-state index is 11.8. The number of fused-ring (bicyclic) bond motifs is 1. The molecule has 2 aromatic heterocycles. The lowest BCUT2D eigenvalue weighted by molar-refractivity contribution is 0.678. The number of hydrogen-bond donors (Lipinski definition) is 3. The molecule has 4 rings (SSSR count). The summed E-state index contributed by atoms with van der Waals surface area (Å²) in [5, 5.41) is 20.7. The van der Waals surface area contributed by atoms with Gasteiger partial charge in [0.05, 0.1) is 11.9 Å². The molecule has 2 heterocycles. The van der Waals surface area contributed by atoms with Crippen LogP contribution in [0.15, 0.2) is 30.5 Å². The van der Waals surface area contributed by atoms with E-state index < -0.39 is 9.73 Å². The van der Waals surface area contributed by atoms with Crippen LogP contribution in [0.3, 0.4) is 0 Å². The van der Waals surface area contributed by atoms with Crippen LogP contribution in [0.2, 0.25) is 5.02 Å². The Balaban J connectivity index is 1.71. The predicted octanol–water partition coefficient (Wildman–Crippen LogP) is 3.75. The Bertz CT molecular complexity index is 1210. The van der Waals surface area contributed by atoms with Crippen LogP contribution in [0.1, 0.15) is 24.0 Å². The summed E-state index contributed by atoms with van der Waals surface area (Å²) in [5.74, 6) is 1.38. The minimum absolute atomic E-state index is 0.0729. The maximum Gasteiger partial charge on any atom is 0.177 e. The number of nitrogens with zero attached hydrogens (tertiary/aromatic N) is 4. The molecule has 1 atom stereocenters. The Morgan fingerprint density at radius 2 is 2.21 bits per heavy atom. The second-order valence-corrected chi connectivity index (χ2v) is 9.64. The van der Waals surface area contributed by atoms with Crippen LogP contribution in [-0.4, -0.2) is 31.1 Å². The van der Waals surface area contributed by atoms with Gasteiger partial charge >= 0.3 is 0 Å². The third-order valence-electron chi connectivity index (χ3n) is 4.27. The Morgan fingerprint density at radius 1 is 1.43 bits per heavy atom. The fraction of sp³-hybridized carbons (Fsp3) is 0.278. The lowest BCUT2D eigenvalue weighted by atomic mass is 10.2. The summed E-state index contributed by atoms with van der Waals surface area (Å²) in [5.41, 5.74) is 2.19. The highest BCUT2D eigenvalue weighted by Gasteiger charge is 2.23. The number of nitrogens with one attached hydrogen (secondary N) is 3. The van der Waals surface area contributed by atoms with E-state index in [0.717, 1.165) is 18.7 Å². The highest BCUT2D eigenvalue weighted by Crippen LogP contribution is 2.29. The first-order valence-corrected chi connectivity index (χ1v) is 11.2. The normalized spacial score (nSPS) is 15.8. The quantitative estimate of drug-likeness (QED) is 0.564. The van der Waals surface area contributed by atoms with Gasteiger partial charge in [-0.2, -0.15) is 14.9 Å². The van der Waals surface area contributed by atoms with Crippen molar-refractivity contribution in [1.82, 2.24) is 14.6 Å². The summed E-state index contributed by atoms with van der Waals surface area (Å²) in [6, 6.07) is 9.60. The molecule has 10 heteroatoms. The lowest BCUT2D eigenvalue weighted by Gasteiger charge is -2.13.